The van der Waals surface area contributed by atoms with E-state index < -0.39 is 0 Å². The van der Waals surface area contributed by atoms with Gasteiger partial charge in [0.2, 0.25) is 0 Å². The highest BCUT2D eigenvalue weighted by Gasteiger charge is 2.20. The summed E-state index contributed by atoms with van der Waals surface area (Å²) >= 11 is 5.66. The molecule has 0 radical (unpaired) electrons. The van der Waals surface area contributed by atoms with E-state index in [0.717, 1.165) is 19.3 Å². The molecule has 8 heavy (non-hydrogen) atoms. The zero-order valence-electron chi connectivity index (χ0n) is 4.43. The summed E-state index contributed by atoms with van der Waals surface area (Å²) in [5.74, 6) is 0. The summed E-state index contributed by atoms with van der Waals surface area (Å²) < 4.78 is 0. The lowest BCUT2D eigenvalue weighted by Gasteiger charge is -1.94. The van der Waals surface area contributed by atoms with Crippen LogP contribution in [-0.4, -0.2) is 24.2 Å². The average Bonchev–Trinajstić information content (AvgIpc) is 2.14. The molecule has 1 rings (SSSR count). The van der Waals surface area contributed by atoms with Crippen LogP contribution in [0.2, 0.25) is 0 Å². The molecule has 46 valence electrons. The van der Waals surface area contributed by atoms with E-state index in [1.54, 1.807) is 0 Å². The van der Waals surface area contributed by atoms with Gasteiger partial charge in [-0.25, -0.2) is 0 Å². The van der Waals surface area contributed by atoms with Gasteiger partial charge in [0, 0.05) is 11.9 Å². The van der Waals surface area contributed by atoms with Crippen molar-refractivity contribution in [2.75, 3.05) is 6.54 Å². The first kappa shape index (κ1) is 6.05. The monoisotopic (exact) mass is 133 g/mol. The molecule has 3 heteroatoms. The fraction of sp³-hybridized carbons (Fsp3) is 0.800. The van der Waals surface area contributed by atoms with Crippen LogP contribution in [-0.2, 0) is 4.79 Å². The molecular weight excluding hydrogens is 126 g/mol. The Bertz CT molecular complexity index is 96.4. The third-order valence-electron chi connectivity index (χ3n) is 1.28. The van der Waals surface area contributed by atoms with Gasteiger partial charge in [0.25, 0.3) is 0 Å². The second-order valence-electron chi connectivity index (χ2n) is 1.98. The van der Waals surface area contributed by atoms with Gasteiger partial charge in [0.05, 0.1) is 6.04 Å². The maximum Gasteiger partial charge on any atom is 0.136 e. The van der Waals surface area contributed by atoms with E-state index in [2.05, 4.69) is 5.32 Å². The summed E-state index contributed by atoms with van der Waals surface area (Å²) in [5.41, 5.74) is 0. The third-order valence-corrected chi connectivity index (χ3v) is 1.61. The molecule has 0 aromatic heterocycles. The van der Waals surface area contributed by atoms with Crippen molar-refractivity contribution in [3.8, 4) is 0 Å². The minimum Gasteiger partial charge on any atom is -0.306 e. The maximum absolute atomic E-state index is 10.0. The Morgan fingerprint density at radius 1 is 1.75 bits per heavy atom. The highest BCUT2D eigenvalue weighted by molar-refractivity contribution is 6.21. The summed E-state index contributed by atoms with van der Waals surface area (Å²) in [6.45, 7) is 0.769. The molecule has 1 aliphatic rings. The molecule has 1 N–H and O–H groups in total. The Hall–Kier alpha value is -0.0800. The van der Waals surface area contributed by atoms with Crippen molar-refractivity contribution in [1.82, 2.24) is 5.32 Å². The van der Waals surface area contributed by atoms with Gasteiger partial charge in [0.15, 0.2) is 0 Å². The van der Waals surface area contributed by atoms with E-state index >= 15 is 0 Å². The first-order chi connectivity index (χ1) is 3.83. The number of nitrogens with one attached hydrogen (secondary N) is 1. The van der Waals surface area contributed by atoms with Crippen LogP contribution in [0.15, 0.2) is 0 Å². The Labute approximate surface area is 53.2 Å². The topological polar surface area (TPSA) is 29.1 Å². The van der Waals surface area contributed by atoms with E-state index in [0.29, 0.717) is 0 Å². The summed E-state index contributed by atoms with van der Waals surface area (Å²) in [4.78, 5) is 10.0. The van der Waals surface area contributed by atoms with Crippen molar-refractivity contribution in [3.63, 3.8) is 0 Å². The average molecular weight is 134 g/mol. The molecule has 0 spiro atoms. The molecule has 1 fully saturated rings. The number of halogens is 1. The van der Waals surface area contributed by atoms with Crippen LogP contribution < -0.4 is 5.32 Å². The second-order valence-corrected chi connectivity index (χ2v) is 2.60. The number of rotatable bonds is 1. The van der Waals surface area contributed by atoms with E-state index in [1.165, 1.54) is 0 Å². The van der Waals surface area contributed by atoms with Crippen molar-refractivity contribution < 1.29 is 4.79 Å². The van der Waals surface area contributed by atoms with Gasteiger partial charge >= 0.3 is 0 Å². The SMILES string of the molecule is O=CC1CC(Cl)CN1. The summed E-state index contributed by atoms with van der Waals surface area (Å²) in [5, 5.41) is 3.11. The minimum absolute atomic E-state index is 0.0116. The lowest BCUT2D eigenvalue weighted by atomic mass is 10.2. The molecule has 2 atom stereocenters. The van der Waals surface area contributed by atoms with E-state index in [-0.39, 0.29) is 11.4 Å². The fourth-order valence-corrected chi connectivity index (χ4v) is 1.11. The largest absolute Gasteiger partial charge is 0.306 e. The van der Waals surface area contributed by atoms with Crippen molar-refractivity contribution in [2.45, 2.75) is 17.8 Å². The van der Waals surface area contributed by atoms with Crippen molar-refractivity contribution >= 4 is 17.9 Å². The maximum atomic E-state index is 10.0. The van der Waals surface area contributed by atoms with Crippen LogP contribution >= 0.6 is 11.6 Å². The Morgan fingerprint density at radius 3 is 2.75 bits per heavy atom. The van der Waals surface area contributed by atoms with Gasteiger partial charge in [-0.05, 0) is 6.42 Å². The molecule has 0 saturated carbocycles. The zero-order chi connectivity index (χ0) is 5.98. The standard InChI is InChI=1S/C5H8ClNO/c6-4-1-5(3-8)7-2-4/h3-5,7H,1-2H2. The van der Waals surface area contributed by atoms with Gasteiger partial charge in [-0.15, -0.1) is 11.6 Å². The molecule has 0 aromatic carbocycles. The molecule has 1 heterocycles. The lowest BCUT2D eigenvalue weighted by molar-refractivity contribution is -0.109. The van der Waals surface area contributed by atoms with Gasteiger partial charge in [-0.1, -0.05) is 0 Å². The highest BCUT2D eigenvalue weighted by Crippen LogP contribution is 2.09. The molecule has 0 bridgehead atoms. The molecular formula is C5H8ClNO. The molecule has 1 saturated heterocycles. The van der Waals surface area contributed by atoms with Crippen LogP contribution in [0.1, 0.15) is 6.42 Å². The second kappa shape index (κ2) is 2.46. The zero-order valence-corrected chi connectivity index (χ0v) is 5.19. The first-order valence-corrected chi connectivity index (χ1v) is 3.09. The lowest BCUT2D eigenvalue weighted by Crippen LogP contribution is -2.22. The number of hydrogen-bond acceptors (Lipinski definition) is 2. The van der Waals surface area contributed by atoms with E-state index in [1.807, 2.05) is 0 Å². The van der Waals surface area contributed by atoms with Crippen LogP contribution in [0, 0.1) is 0 Å². The van der Waals surface area contributed by atoms with Crippen molar-refractivity contribution in [1.29, 1.82) is 0 Å². The van der Waals surface area contributed by atoms with Crippen LogP contribution in [0.5, 0.6) is 0 Å². The number of hydrogen-bond donors (Lipinski definition) is 1. The van der Waals surface area contributed by atoms with Crippen LogP contribution in [0.4, 0.5) is 0 Å². The smallest absolute Gasteiger partial charge is 0.136 e. The molecule has 0 aromatic rings. The minimum atomic E-state index is 0.0116. The number of carbonyl (C=O) groups excluding carboxylic acids is 1. The quantitative estimate of drug-likeness (QED) is 0.408. The van der Waals surface area contributed by atoms with Crippen LogP contribution in [0.3, 0.4) is 0 Å². The summed E-state index contributed by atoms with van der Waals surface area (Å²) in [6, 6.07) is 0.0116. The van der Waals surface area contributed by atoms with Crippen molar-refractivity contribution in [2.24, 2.45) is 0 Å². The molecule has 2 nitrogen and oxygen atoms in total. The predicted octanol–water partition coefficient (Wildman–Crippen LogP) is 0.155. The molecule has 0 amide bonds. The van der Waals surface area contributed by atoms with E-state index in [9.17, 15) is 4.79 Å². The molecule has 0 aliphatic carbocycles. The van der Waals surface area contributed by atoms with Gasteiger partial charge in [-0.2, -0.15) is 0 Å². The summed E-state index contributed by atoms with van der Waals surface area (Å²) in [6.07, 6.45) is 1.69. The Balaban J connectivity index is 2.32. The molecule has 2 unspecified atom stereocenters. The Morgan fingerprint density at radius 2 is 2.50 bits per heavy atom. The number of alkyl halides is 1. The normalized spacial score (nSPS) is 37.6. The fourth-order valence-electron chi connectivity index (χ4n) is 0.825. The number of aldehydes is 1. The summed E-state index contributed by atoms with van der Waals surface area (Å²) in [7, 11) is 0. The molecule has 1 aliphatic heterocycles. The van der Waals surface area contributed by atoms with E-state index in [4.69, 9.17) is 11.6 Å². The van der Waals surface area contributed by atoms with Crippen molar-refractivity contribution in [3.05, 3.63) is 0 Å². The third kappa shape index (κ3) is 1.20. The van der Waals surface area contributed by atoms with Gasteiger partial charge < -0.3 is 10.1 Å². The predicted molar refractivity (Wildman–Crippen MR) is 32.1 cm³/mol. The van der Waals surface area contributed by atoms with Gasteiger partial charge in [-0.3, -0.25) is 0 Å². The van der Waals surface area contributed by atoms with Crippen LogP contribution in [0.25, 0.3) is 0 Å². The van der Waals surface area contributed by atoms with Gasteiger partial charge in [0.1, 0.15) is 6.29 Å². The highest BCUT2D eigenvalue weighted by atomic mass is 35.5. The number of carbonyl (C=O) groups is 1. The first-order valence-electron chi connectivity index (χ1n) is 2.65. The Kier molecular flexibility index (Phi) is 1.86.